The second-order valence-corrected chi connectivity index (χ2v) is 11.2. The maximum Gasteiger partial charge on any atom is 0.293 e. The van der Waals surface area contributed by atoms with Gasteiger partial charge in [0.15, 0.2) is 0 Å². The zero-order valence-electron chi connectivity index (χ0n) is 16.6. The van der Waals surface area contributed by atoms with Crippen molar-refractivity contribution in [2.75, 3.05) is 0 Å². The number of hydrogen-bond acceptors (Lipinski definition) is 4. The highest BCUT2D eigenvalue weighted by atomic mass is 127. The van der Waals surface area contributed by atoms with Crippen LogP contribution in [0.25, 0.3) is 6.08 Å². The van der Waals surface area contributed by atoms with E-state index in [0.717, 1.165) is 45.8 Å². The van der Waals surface area contributed by atoms with Gasteiger partial charge in [-0.2, -0.15) is 0 Å². The lowest BCUT2D eigenvalue weighted by Crippen LogP contribution is -2.27. The number of hydrogen-bond donors (Lipinski definition) is 0. The van der Waals surface area contributed by atoms with Crippen molar-refractivity contribution < 1.29 is 14.3 Å². The molecule has 0 aromatic heterocycles. The third-order valence-corrected chi connectivity index (χ3v) is 7.71. The minimum Gasteiger partial charge on any atom is -0.487 e. The van der Waals surface area contributed by atoms with Crippen LogP contribution in [-0.2, 0) is 17.9 Å². The number of halogens is 3. The Balaban J connectivity index is 1.50. The van der Waals surface area contributed by atoms with Gasteiger partial charge in [-0.1, -0.05) is 58.4 Å². The lowest BCUT2D eigenvalue weighted by atomic mass is 10.2. The summed E-state index contributed by atoms with van der Waals surface area (Å²) in [4.78, 5) is 27.0. The van der Waals surface area contributed by atoms with Crippen molar-refractivity contribution in [3.8, 4) is 5.75 Å². The molecule has 8 heteroatoms. The first-order valence-corrected chi connectivity index (χ1v) is 13.3. The third kappa shape index (κ3) is 5.75. The van der Waals surface area contributed by atoms with Crippen molar-refractivity contribution in [2.24, 2.45) is 0 Å². The van der Waals surface area contributed by atoms with E-state index in [1.54, 1.807) is 6.08 Å². The Morgan fingerprint density at radius 2 is 1.59 bits per heavy atom. The maximum absolute atomic E-state index is 12.9. The van der Waals surface area contributed by atoms with E-state index < -0.39 is 0 Å². The topological polar surface area (TPSA) is 46.6 Å². The molecule has 1 saturated heterocycles. The molecule has 3 aromatic rings. The van der Waals surface area contributed by atoms with E-state index in [0.29, 0.717) is 11.5 Å². The molecule has 0 spiro atoms. The number of carbonyl (C=O) groups is 2. The van der Waals surface area contributed by atoms with E-state index in [1.165, 1.54) is 4.90 Å². The SMILES string of the molecule is O=C1S/C(=C\c2cc(I)c(OCc3ccccc3)c(I)c2)C(=O)N1Cc1ccc(Br)cc1. The van der Waals surface area contributed by atoms with Crippen molar-refractivity contribution in [1.82, 2.24) is 4.90 Å². The minimum absolute atomic E-state index is 0.253. The molecule has 0 atom stereocenters. The summed E-state index contributed by atoms with van der Waals surface area (Å²) >= 11 is 8.85. The highest BCUT2D eigenvalue weighted by Gasteiger charge is 2.35. The molecule has 0 bridgehead atoms. The van der Waals surface area contributed by atoms with Crippen LogP contribution in [0, 0.1) is 7.14 Å². The molecular formula is C24H16BrI2NO3S. The minimum atomic E-state index is -0.266. The van der Waals surface area contributed by atoms with Crippen LogP contribution in [0.4, 0.5) is 4.79 Å². The Labute approximate surface area is 226 Å². The molecule has 162 valence electrons. The van der Waals surface area contributed by atoms with Crippen molar-refractivity contribution in [2.45, 2.75) is 13.2 Å². The van der Waals surface area contributed by atoms with Gasteiger partial charge in [-0.05, 0) is 104 Å². The average Bonchev–Trinajstić information content (AvgIpc) is 3.02. The number of imide groups is 1. The van der Waals surface area contributed by atoms with Crippen LogP contribution in [0.15, 0.2) is 76.1 Å². The number of rotatable bonds is 6. The van der Waals surface area contributed by atoms with Crippen LogP contribution in [-0.4, -0.2) is 16.0 Å². The average molecular weight is 732 g/mol. The zero-order valence-corrected chi connectivity index (χ0v) is 23.3. The summed E-state index contributed by atoms with van der Waals surface area (Å²) in [6.07, 6.45) is 1.78. The van der Waals surface area contributed by atoms with E-state index in [-0.39, 0.29) is 17.7 Å². The first kappa shape index (κ1) is 23.8. The van der Waals surface area contributed by atoms with Crippen LogP contribution < -0.4 is 4.74 Å². The smallest absolute Gasteiger partial charge is 0.293 e. The molecule has 1 heterocycles. The molecular weight excluding hydrogens is 716 g/mol. The van der Waals surface area contributed by atoms with Crippen molar-refractivity contribution in [3.63, 3.8) is 0 Å². The predicted octanol–water partition coefficient (Wildman–Crippen LogP) is 7.47. The van der Waals surface area contributed by atoms with Crippen LogP contribution in [0.5, 0.6) is 5.75 Å². The van der Waals surface area contributed by atoms with Gasteiger partial charge in [0.25, 0.3) is 11.1 Å². The van der Waals surface area contributed by atoms with E-state index in [9.17, 15) is 9.59 Å². The Morgan fingerprint density at radius 3 is 2.25 bits per heavy atom. The van der Waals surface area contributed by atoms with Crippen molar-refractivity contribution in [3.05, 3.63) is 99.9 Å². The normalized spacial score (nSPS) is 15.0. The van der Waals surface area contributed by atoms with Gasteiger partial charge < -0.3 is 4.74 Å². The van der Waals surface area contributed by atoms with Gasteiger partial charge in [0.2, 0.25) is 0 Å². The second-order valence-electron chi connectivity index (χ2n) is 6.98. The van der Waals surface area contributed by atoms with Crippen LogP contribution >= 0.6 is 72.9 Å². The summed E-state index contributed by atoms with van der Waals surface area (Å²) in [5.41, 5.74) is 2.86. The Hall–Kier alpha value is -1.37. The lowest BCUT2D eigenvalue weighted by molar-refractivity contribution is -0.123. The highest BCUT2D eigenvalue weighted by molar-refractivity contribution is 14.1. The predicted molar refractivity (Wildman–Crippen MR) is 148 cm³/mol. The molecule has 0 radical (unpaired) electrons. The summed E-state index contributed by atoms with van der Waals surface area (Å²) < 4.78 is 8.89. The van der Waals surface area contributed by atoms with Crippen LogP contribution in [0.2, 0.25) is 0 Å². The van der Waals surface area contributed by atoms with E-state index in [2.05, 4.69) is 61.1 Å². The molecule has 32 heavy (non-hydrogen) atoms. The molecule has 1 fully saturated rings. The molecule has 0 unspecified atom stereocenters. The van der Waals surface area contributed by atoms with Gasteiger partial charge in [0.05, 0.1) is 18.6 Å². The van der Waals surface area contributed by atoms with Gasteiger partial charge in [-0.3, -0.25) is 14.5 Å². The lowest BCUT2D eigenvalue weighted by Gasteiger charge is -2.13. The molecule has 1 aliphatic heterocycles. The molecule has 0 aliphatic carbocycles. The summed E-state index contributed by atoms with van der Waals surface area (Å²) in [5, 5.41) is -0.253. The summed E-state index contributed by atoms with van der Waals surface area (Å²) in [6, 6.07) is 21.5. The number of carbonyl (C=O) groups excluding carboxylic acids is 2. The number of amides is 2. The summed E-state index contributed by atoms with van der Waals surface area (Å²) in [7, 11) is 0. The molecule has 3 aromatic carbocycles. The van der Waals surface area contributed by atoms with E-state index in [4.69, 9.17) is 4.74 Å². The maximum atomic E-state index is 12.9. The number of nitrogens with zero attached hydrogens (tertiary/aromatic N) is 1. The molecule has 4 nitrogen and oxygen atoms in total. The molecule has 4 rings (SSSR count). The largest absolute Gasteiger partial charge is 0.487 e. The van der Waals surface area contributed by atoms with Crippen LogP contribution in [0.3, 0.4) is 0 Å². The monoisotopic (exact) mass is 731 g/mol. The van der Waals surface area contributed by atoms with Crippen molar-refractivity contribution in [1.29, 1.82) is 0 Å². The zero-order chi connectivity index (χ0) is 22.7. The molecule has 0 N–H and O–H groups in total. The van der Waals surface area contributed by atoms with Gasteiger partial charge in [-0.25, -0.2) is 0 Å². The Bertz CT molecular complexity index is 1180. The Kier molecular flexibility index (Phi) is 7.95. The van der Waals surface area contributed by atoms with Gasteiger partial charge in [0, 0.05) is 4.47 Å². The third-order valence-electron chi connectivity index (χ3n) is 4.67. The molecule has 1 aliphatic rings. The first-order valence-electron chi connectivity index (χ1n) is 9.56. The number of thioether (sulfide) groups is 1. The van der Waals surface area contributed by atoms with Crippen LogP contribution in [0.1, 0.15) is 16.7 Å². The fourth-order valence-corrected chi connectivity index (χ4v) is 6.32. The standard InChI is InChI=1S/C24H16BrI2NO3S/c25-18-8-6-15(7-9-18)13-28-23(29)21(32-24(28)30)12-17-10-19(26)22(20(27)11-17)31-14-16-4-2-1-3-5-16/h1-12H,13-14H2/b21-12-. The fraction of sp³-hybridized carbons (Fsp3) is 0.0833. The summed E-state index contributed by atoms with van der Waals surface area (Å²) in [5.74, 6) is 0.549. The summed E-state index contributed by atoms with van der Waals surface area (Å²) in [6.45, 7) is 0.748. The second kappa shape index (κ2) is 10.7. The Morgan fingerprint density at radius 1 is 0.938 bits per heavy atom. The van der Waals surface area contributed by atoms with E-state index >= 15 is 0 Å². The fourth-order valence-electron chi connectivity index (χ4n) is 3.09. The number of ether oxygens (including phenoxy) is 1. The van der Waals surface area contributed by atoms with Gasteiger partial charge in [-0.15, -0.1) is 0 Å². The van der Waals surface area contributed by atoms with Crippen molar-refractivity contribution >= 4 is 90.1 Å². The first-order chi connectivity index (χ1) is 15.4. The van der Waals surface area contributed by atoms with Gasteiger partial charge in [0.1, 0.15) is 12.4 Å². The highest BCUT2D eigenvalue weighted by Crippen LogP contribution is 2.35. The molecule has 0 saturated carbocycles. The van der Waals surface area contributed by atoms with E-state index in [1.807, 2.05) is 66.7 Å². The quantitative estimate of drug-likeness (QED) is 0.195. The van der Waals surface area contributed by atoms with Gasteiger partial charge >= 0.3 is 0 Å². The molecule has 2 amide bonds. The number of benzene rings is 3.